The molecule has 0 bridgehead atoms. The predicted octanol–water partition coefficient (Wildman–Crippen LogP) is 3.02. The zero-order valence-corrected chi connectivity index (χ0v) is 16.2. The molecular formula is C15H32IN3O. The van der Waals surface area contributed by atoms with Gasteiger partial charge in [0.1, 0.15) is 0 Å². The number of hydrogen-bond acceptors (Lipinski definition) is 2. The number of nitrogens with zero attached hydrogens (tertiary/aromatic N) is 1. The first kappa shape index (κ1) is 20.0. The van der Waals surface area contributed by atoms with Gasteiger partial charge in [0.2, 0.25) is 0 Å². The molecule has 1 rings (SSSR count). The van der Waals surface area contributed by atoms with E-state index in [1.807, 2.05) is 7.05 Å². The van der Waals surface area contributed by atoms with E-state index in [9.17, 15) is 0 Å². The Morgan fingerprint density at radius 2 is 2.05 bits per heavy atom. The summed E-state index contributed by atoms with van der Waals surface area (Å²) in [6.45, 7) is 9.60. The topological polar surface area (TPSA) is 45.7 Å². The Kier molecular flexibility index (Phi) is 9.06. The first-order valence-corrected chi connectivity index (χ1v) is 7.42. The predicted molar refractivity (Wildman–Crippen MR) is 97.0 cm³/mol. The lowest BCUT2D eigenvalue weighted by molar-refractivity contribution is 0.0205. The number of rotatable bonds is 6. The molecule has 1 aliphatic rings. The van der Waals surface area contributed by atoms with Crippen LogP contribution in [0, 0.1) is 11.3 Å². The Morgan fingerprint density at radius 1 is 1.40 bits per heavy atom. The van der Waals surface area contributed by atoms with Crippen LogP contribution in [-0.2, 0) is 4.74 Å². The zero-order valence-electron chi connectivity index (χ0n) is 13.8. The SMILES string of the molecule is CCCC1CC1NC(=NC)NCC(OC)C(C)(C)C.I. The molecule has 1 fully saturated rings. The highest BCUT2D eigenvalue weighted by molar-refractivity contribution is 14.0. The standard InChI is InChI=1S/C15H31N3O.HI/c1-7-8-11-9-12(11)18-14(16-5)17-10-13(19-6)15(2,3)4;/h11-13H,7-10H2,1-6H3,(H2,16,17,18);1H. The van der Waals surface area contributed by atoms with E-state index in [2.05, 4.69) is 43.3 Å². The van der Waals surface area contributed by atoms with Gasteiger partial charge in [-0.3, -0.25) is 4.99 Å². The van der Waals surface area contributed by atoms with Crippen molar-refractivity contribution in [2.75, 3.05) is 20.7 Å². The normalized spacial score (nSPS) is 23.8. The van der Waals surface area contributed by atoms with E-state index < -0.39 is 0 Å². The van der Waals surface area contributed by atoms with E-state index in [0.29, 0.717) is 6.04 Å². The highest BCUT2D eigenvalue weighted by Crippen LogP contribution is 2.34. The highest BCUT2D eigenvalue weighted by Gasteiger charge is 2.36. The van der Waals surface area contributed by atoms with Crippen molar-refractivity contribution in [1.29, 1.82) is 0 Å². The van der Waals surface area contributed by atoms with Gasteiger partial charge in [-0.1, -0.05) is 34.1 Å². The molecule has 0 aromatic heterocycles. The molecule has 1 aliphatic carbocycles. The molecule has 120 valence electrons. The minimum Gasteiger partial charge on any atom is -0.379 e. The molecule has 0 radical (unpaired) electrons. The van der Waals surface area contributed by atoms with Gasteiger partial charge in [-0.15, -0.1) is 24.0 Å². The molecule has 0 saturated heterocycles. The molecule has 20 heavy (non-hydrogen) atoms. The quantitative estimate of drug-likeness (QED) is 0.412. The van der Waals surface area contributed by atoms with Crippen LogP contribution in [0.5, 0.6) is 0 Å². The summed E-state index contributed by atoms with van der Waals surface area (Å²) in [6, 6.07) is 0.613. The number of nitrogens with one attached hydrogen (secondary N) is 2. The number of methoxy groups -OCH3 is 1. The summed E-state index contributed by atoms with van der Waals surface area (Å²) < 4.78 is 5.54. The van der Waals surface area contributed by atoms with Crippen molar-refractivity contribution >= 4 is 29.9 Å². The molecule has 1 saturated carbocycles. The van der Waals surface area contributed by atoms with Gasteiger partial charge in [0.05, 0.1) is 6.10 Å². The minimum absolute atomic E-state index is 0. The van der Waals surface area contributed by atoms with Gasteiger partial charge in [0, 0.05) is 26.7 Å². The van der Waals surface area contributed by atoms with Gasteiger partial charge in [0.15, 0.2) is 5.96 Å². The second-order valence-electron chi connectivity index (χ2n) is 6.58. The molecule has 2 N–H and O–H groups in total. The summed E-state index contributed by atoms with van der Waals surface area (Å²) in [6.07, 6.45) is 4.04. The molecule has 0 amide bonds. The van der Waals surface area contributed by atoms with E-state index in [1.165, 1.54) is 19.3 Å². The number of hydrogen-bond donors (Lipinski definition) is 2. The lowest BCUT2D eigenvalue weighted by Crippen LogP contribution is -2.46. The van der Waals surface area contributed by atoms with Gasteiger partial charge in [0.25, 0.3) is 0 Å². The van der Waals surface area contributed by atoms with Crippen LogP contribution in [0.3, 0.4) is 0 Å². The van der Waals surface area contributed by atoms with Crippen molar-refractivity contribution < 1.29 is 4.74 Å². The maximum Gasteiger partial charge on any atom is 0.191 e. The zero-order chi connectivity index (χ0) is 14.5. The van der Waals surface area contributed by atoms with Crippen molar-refractivity contribution in [3.8, 4) is 0 Å². The fraction of sp³-hybridized carbons (Fsp3) is 0.933. The van der Waals surface area contributed by atoms with E-state index >= 15 is 0 Å². The van der Waals surface area contributed by atoms with E-state index in [0.717, 1.165) is 18.4 Å². The second-order valence-corrected chi connectivity index (χ2v) is 6.58. The maximum absolute atomic E-state index is 5.54. The minimum atomic E-state index is 0. The van der Waals surface area contributed by atoms with Crippen LogP contribution >= 0.6 is 24.0 Å². The number of guanidine groups is 1. The second kappa shape index (κ2) is 9.07. The van der Waals surface area contributed by atoms with E-state index in [4.69, 9.17) is 4.74 Å². The summed E-state index contributed by atoms with van der Waals surface area (Å²) in [5.41, 5.74) is 0.130. The van der Waals surface area contributed by atoms with Crippen LogP contribution in [0.2, 0.25) is 0 Å². The van der Waals surface area contributed by atoms with E-state index in [1.54, 1.807) is 7.11 Å². The lowest BCUT2D eigenvalue weighted by Gasteiger charge is -2.30. The molecule has 3 unspecified atom stereocenters. The summed E-state index contributed by atoms with van der Waals surface area (Å²) in [7, 11) is 3.59. The third-order valence-corrected chi connectivity index (χ3v) is 3.83. The third kappa shape index (κ3) is 6.61. The maximum atomic E-state index is 5.54. The van der Waals surface area contributed by atoms with E-state index in [-0.39, 0.29) is 35.5 Å². The van der Waals surface area contributed by atoms with Crippen LogP contribution in [0.25, 0.3) is 0 Å². The van der Waals surface area contributed by atoms with Crippen LogP contribution in [0.4, 0.5) is 0 Å². The summed E-state index contributed by atoms with van der Waals surface area (Å²) in [5.74, 6) is 1.74. The lowest BCUT2D eigenvalue weighted by atomic mass is 9.89. The van der Waals surface area contributed by atoms with Crippen LogP contribution in [0.15, 0.2) is 4.99 Å². The highest BCUT2D eigenvalue weighted by atomic mass is 127. The Hall–Kier alpha value is -0.0400. The first-order chi connectivity index (χ1) is 8.92. The van der Waals surface area contributed by atoms with Gasteiger partial charge in [-0.2, -0.15) is 0 Å². The molecular weight excluding hydrogens is 365 g/mol. The van der Waals surface area contributed by atoms with Crippen molar-refractivity contribution in [2.24, 2.45) is 16.3 Å². The Morgan fingerprint density at radius 3 is 2.50 bits per heavy atom. The monoisotopic (exact) mass is 397 g/mol. The Bertz CT molecular complexity index is 302. The van der Waals surface area contributed by atoms with Crippen molar-refractivity contribution in [3.05, 3.63) is 0 Å². The van der Waals surface area contributed by atoms with Crippen molar-refractivity contribution in [2.45, 2.75) is 59.1 Å². The van der Waals surface area contributed by atoms with Crippen molar-refractivity contribution in [3.63, 3.8) is 0 Å². The van der Waals surface area contributed by atoms with Crippen molar-refractivity contribution in [1.82, 2.24) is 10.6 Å². The summed E-state index contributed by atoms with van der Waals surface area (Å²) in [4.78, 5) is 4.29. The fourth-order valence-corrected chi connectivity index (χ4v) is 2.42. The molecule has 5 heteroatoms. The molecule has 0 aromatic rings. The van der Waals surface area contributed by atoms with Gasteiger partial charge < -0.3 is 15.4 Å². The number of ether oxygens (including phenoxy) is 1. The number of aliphatic imine (C=N–C) groups is 1. The third-order valence-electron chi connectivity index (χ3n) is 3.83. The smallest absolute Gasteiger partial charge is 0.191 e. The first-order valence-electron chi connectivity index (χ1n) is 7.42. The molecule has 3 atom stereocenters. The van der Waals surface area contributed by atoms with Gasteiger partial charge in [-0.05, 0) is 24.2 Å². The van der Waals surface area contributed by atoms with Gasteiger partial charge >= 0.3 is 0 Å². The van der Waals surface area contributed by atoms with Gasteiger partial charge in [-0.25, -0.2) is 0 Å². The van der Waals surface area contributed by atoms with Crippen LogP contribution in [0.1, 0.15) is 47.0 Å². The average molecular weight is 397 g/mol. The fourth-order valence-electron chi connectivity index (χ4n) is 2.42. The molecule has 0 aromatic carbocycles. The largest absolute Gasteiger partial charge is 0.379 e. The summed E-state index contributed by atoms with van der Waals surface area (Å²) >= 11 is 0. The molecule has 0 spiro atoms. The van der Waals surface area contributed by atoms with Crippen LogP contribution in [-0.4, -0.2) is 38.8 Å². The average Bonchev–Trinajstić information content (AvgIpc) is 3.05. The molecule has 0 heterocycles. The summed E-state index contributed by atoms with van der Waals surface area (Å²) in [5, 5.41) is 6.86. The number of halogens is 1. The molecule has 0 aliphatic heterocycles. The Balaban J connectivity index is 0.00000361. The molecule has 4 nitrogen and oxygen atoms in total. The van der Waals surface area contributed by atoms with Crippen LogP contribution < -0.4 is 10.6 Å². The Labute approximate surface area is 141 Å².